The third kappa shape index (κ3) is 2.05. The van der Waals surface area contributed by atoms with Crippen LogP contribution in [-0.4, -0.2) is 15.6 Å². The van der Waals surface area contributed by atoms with Gasteiger partial charge in [0.05, 0.1) is 17.1 Å². The summed E-state index contributed by atoms with van der Waals surface area (Å²) in [5.74, 6) is 1.20. The maximum atomic E-state index is 6.56. The van der Waals surface area contributed by atoms with Gasteiger partial charge in [-0.1, -0.05) is 32.9 Å². The summed E-state index contributed by atoms with van der Waals surface area (Å²) in [4.78, 5) is 4.84. The van der Waals surface area contributed by atoms with Crippen LogP contribution in [0.1, 0.15) is 51.9 Å². The summed E-state index contributed by atoms with van der Waals surface area (Å²) in [7, 11) is 0. The zero-order chi connectivity index (χ0) is 14.3. The molecule has 0 saturated heterocycles. The van der Waals surface area contributed by atoms with Gasteiger partial charge >= 0.3 is 0 Å². The maximum absolute atomic E-state index is 6.56. The van der Waals surface area contributed by atoms with Gasteiger partial charge in [0.25, 0.3) is 0 Å². The van der Waals surface area contributed by atoms with Crippen molar-refractivity contribution < 1.29 is 0 Å². The molecular formula is C17H25N3. The second-order valence-corrected chi connectivity index (χ2v) is 6.76. The summed E-state index contributed by atoms with van der Waals surface area (Å²) in [5.41, 5.74) is 9.13. The molecule has 108 valence electrons. The zero-order valence-electron chi connectivity index (χ0n) is 12.8. The maximum Gasteiger partial charge on any atom is 0.110 e. The largest absolute Gasteiger partial charge is 0.325 e. The Kier molecular flexibility index (Phi) is 3.33. The van der Waals surface area contributed by atoms with Crippen LogP contribution < -0.4 is 5.73 Å². The first-order chi connectivity index (χ1) is 9.54. The molecule has 1 aliphatic rings. The summed E-state index contributed by atoms with van der Waals surface area (Å²) < 4.78 is 2.43. The number of rotatable bonds is 3. The Morgan fingerprint density at radius 2 is 2.10 bits per heavy atom. The van der Waals surface area contributed by atoms with Gasteiger partial charge in [-0.05, 0) is 36.8 Å². The lowest BCUT2D eigenvalue weighted by Gasteiger charge is -2.28. The summed E-state index contributed by atoms with van der Waals surface area (Å²) in [5, 5.41) is 0. The lowest BCUT2D eigenvalue weighted by atomic mass is 9.87. The van der Waals surface area contributed by atoms with Gasteiger partial charge in [0.1, 0.15) is 5.82 Å². The molecule has 2 N–H and O–H groups in total. The smallest absolute Gasteiger partial charge is 0.110 e. The quantitative estimate of drug-likeness (QED) is 0.925. The van der Waals surface area contributed by atoms with Crippen molar-refractivity contribution in [3.05, 3.63) is 30.1 Å². The Morgan fingerprint density at radius 1 is 1.35 bits per heavy atom. The van der Waals surface area contributed by atoms with Crippen LogP contribution in [0.4, 0.5) is 0 Å². The van der Waals surface area contributed by atoms with Crippen LogP contribution in [-0.2, 0) is 6.42 Å². The molecule has 0 aliphatic heterocycles. The lowest BCUT2D eigenvalue weighted by molar-refractivity contribution is 0.299. The fourth-order valence-electron chi connectivity index (χ4n) is 3.54. The minimum absolute atomic E-state index is 0.204. The van der Waals surface area contributed by atoms with Crippen molar-refractivity contribution in [2.24, 2.45) is 11.1 Å². The van der Waals surface area contributed by atoms with Gasteiger partial charge in [-0.15, -0.1) is 0 Å². The molecule has 1 aromatic carbocycles. The minimum atomic E-state index is 0.204. The van der Waals surface area contributed by atoms with Gasteiger partial charge in [0.2, 0.25) is 0 Å². The lowest BCUT2D eigenvalue weighted by Crippen LogP contribution is -2.38. The second-order valence-electron chi connectivity index (χ2n) is 6.76. The third-order valence-electron chi connectivity index (χ3n) is 4.88. The van der Waals surface area contributed by atoms with Crippen molar-refractivity contribution in [1.29, 1.82) is 0 Å². The first kappa shape index (κ1) is 13.6. The average Bonchev–Trinajstić information content (AvgIpc) is 2.89. The summed E-state index contributed by atoms with van der Waals surface area (Å²) >= 11 is 0. The van der Waals surface area contributed by atoms with Gasteiger partial charge < -0.3 is 10.3 Å². The number of fused-ring (bicyclic) bond motifs is 1. The molecule has 1 saturated carbocycles. The molecule has 3 rings (SSSR count). The second kappa shape index (κ2) is 4.88. The molecule has 0 spiro atoms. The van der Waals surface area contributed by atoms with Crippen LogP contribution in [0.5, 0.6) is 0 Å². The van der Waals surface area contributed by atoms with Crippen LogP contribution in [0.3, 0.4) is 0 Å². The number of nitrogens with zero attached hydrogens (tertiary/aromatic N) is 2. The number of imidazole rings is 1. The Morgan fingerprint density at radius 3 is 2.75 bits per heavy atom. The molecule has 20 heavy (non-hydrogen) atoms. The molecule has 1 aliphatic carbocycles. The Labute approximate surface area is 121 Å². The van der Waals surface area contributed by atoms with Crippen LogP contribution >= 0.6 is 0 Å². The van der Waals surface area contributed by atoms with Crippen LogP contribution in [0, 0.1) is 5.41 Å². The van der Waals surface area contributed by atoms with Gasteiger partial charge in [0.15, 0.2) is 0 Å². The highest BCUT2D eigenvalue weighted by Crippen LogP contribution is 2.44. The number of aromatic nitrogens is 2. The van der Waals surface area contributed by atoms with E-state index in [1.54, 1.807) is 0 Å². The number of nitrogens with two attached hydrogens (primary N) is 1. The minimum Gasteiger partial charge on any atom is -0.325 e. The van der Waals surface area contributed by atoms with E-state index < -0.39 is 0 Å². The van der Waals surface area contributed by atoms with Gasteiger partial charge in [-0.2, -0.15) is 0 Å². The summed E-state index contributed by atoms with van der Waals surface area (Å²) in [6.07, 6.45) is 4.50. The number of para-hydroxylation sites is 2. The molecule has 3 heteroatoms. The van der Waals surface area contributed by atoms with Gasteiger partial charge in [-0.25, -0.2) is 4.98 Å². The Bertz CT molecular complexity index is 612. The van der Waals surface area contributed by atoms with Crippen molar-refractivity contribution >= 4 is 11.0 Å². The van der Waals surface area contributed by atoms with E-state index in [9.17, 15) is 0 Å². The predicted molar refractivity (Wildman–Crippen MR) is 83.8 cm³/mol. The van der Waals surface area contributed by atoms with Crippen molar-refractivity contribution in [3.8, 4) is 0 Å². The first-order valence-corrected chi connectivity index (χ1v) is 7.76. The highest BCUT2D eigenvalue weighted by Gasteiger charge is 2.41. The predicted octanol–water partition coefficient (Wildman–Crippen LogP) is 3.68. The molecule has 2 atom stereocenters. The van der Waals surface area contributed by atoms with E-state index in [1.165, 1.54) is 17.8 Å². The Hall–Kier alpha value is -1.35. The number of aryl methyl sites for hydroxylation is 1. The first-order valence-electron chi connectivity index (χ1n) is 7.76. The van der Waals surface area contributed by atoms with E-state index in [0.29, 0.717) is 6.04 Å². The third-order valence-corrected chi connectivity index (χ3v) is 4.88. The van der Waals surface area contributed by atoms with Gasteiger partial charge in [0, 0.05) is 12.5 Å². The normalized spacial score (nSPS) is 25.4. The highest BCUT2D eigenvalue weighted by molar-refractivity contribution is 5.76. The standard InChI is InChI=1S/C17H25N3/c1-4-7-15-19-12-8-5-6-9-13(12)20(15)14-10-11-17(2,3)16(14)18/h5-6,8-9,14,16H,4,7,10-11,18H2,1-3H3. The highest BCUT2D eigenvalue weighted by atomic mass is 15.1. The molecule has 0 radical (unpaired) electrons. The summed E-state index contributed by atoms with van der Waals surface area (Å²) in [6, 6.07) is 9.04. The molecular weight excluding hydrogens is 246 g/mol. The molecule has 2 aromatic rings. The van der Waals surface area contributed by atoms with Crippen LogP contribution in [0.25, 0.3) is 11.0 Å². The fourth-order valence-corrected chi connectivity index (χ4v) is 3.54. The molecule has 1 aromatic heterocycles. The topological polar surface area (TPSA) is 43.8 Å². The molecule has 0 amide bonds. The number of hydrogen-bond donors (Lipinski definition) is 1. The van der Waals surface area contributed by atoms with E-state index >= 15 is 0 Å². The van der Waals surface area contributed by atoms with Crippen LogP contribution in [0.2, 0.25) is 0 Å². The van der Waals surface area contributed by atoms with Crippen molar-refractivity contribution in [2.75, 3.05) is 0 Å². The number of benzene rings is 1. The molecule has 2 unspecified atom stereocenters. The van der Waals surface area contributed by atoms with Gasteiger partial charge in [-0.3, -0.25) is 0 Å². The number of hydrogen-bond acceptors (Lipinski definition) is 2. The molecule has 3 nitrogen and oxygen atoms in total. The van der Waals surface area contributed by atoms with Crippen molar-refractivity contribution in [2.45, 2.75) is 58.5 Å². The molecule has 1 heterocycles. The monoisotopic (exact) mass is 271 g/mol. The van der Waals surface area contributed by atoms with Crippen molar-refractivity contribution in [3.63, 3.8) is 0 Å². The van der Waals surface area contributed by atoms with E-state index in [0.717, 1.165) is 24.8 Å². The van der Waals surface area contributed by atoms with Crippen LogP contribution in [0.15, 0.2) is 24.3 Å². The Balaban J connectivity index is 2.12. The van der Waals surface area contributed by atoms with Crippen molar-refractivity contribution in [1.82, 2.24) is 9.55 Å². The SMILES string of the molecule is CCCc1nc2ccccc2n1C1CCC(C)(C)C1N. The average molecular weight is 271 g/mol. The molecule has 0 bridgehead atoms. The van der Waals surface area contributed by atoms with E-state index in [-0.39, 0.29) is 11.5 Å². The van der Waals surface area contributed by atoms with E-state index in [2.05, 4.69) is 49.6 Å². The van der Waals surface area contributed by atoms with E-state index in [1.807, 2.05) is 0 Å². The van der Waals surface area contributed by atoms with E-state index in [4.69, 9.17) is 10.7 Å². The zero-order valence-corrected chi connectivity index (χ0v) is 12.8. The fraction of sp³-hybridized carbons (Fsp3) is 0.588. The molecule has 1 fully saturated rings. The summed E-state index contributed by atoms with van der Waals surface area (Å²) in [6.45, 7) is 6.79.